The number of fused-ring (bicyclic) bond motifs is 3. The summed E-state index contributed by atoms with van der Waals surface area (Å²) in [5.74, 6) is 1.80. The minimum atomic E-state index is -0.657. The first-order valence-corrected chi connectivity index (χ1v) is 10.3. The lowest BCUT2D eigenvalue weighted by Gasteiger charge is -2.47. The van der Waals surface area contributed by atoms with Crippen LogP contribution in [-0.2, 0) is 6.42 Å². The fraction of sp³-hybridized carbons (Fsp3) is 0.391. The zero-order valence-corrected chi connectivity index (χ0v) is 17.3. The summed E-state index contributed by atoms with van der Waals surface area (Å²) in [5.41, 5.74) is 2.53. The van der Waals surface area contributed by atoms with Crippen molar-refractivity contribution in [1.29, 1.82) is 5.41 Å². The number of nitrogens with zero attached hydrogens (tertiary/aromatic N) is 2. The molecule has 3 heterocycles. The van der Waals surface area contributed by atoms with Gasteiger partial charge in [-0.2, -0.15) is 0 Å². The third kappa shape index (κ3) is 2.76. The van der Waals surface area contributed by atoms with Crippen molar-refractivity contribution < 1.29 is 14.3 Å². The molecule has 2 N–H and O–H groups in total. The van der Waals surface area contributed by atoms with Gasteiger partial charge in [0.05, 0.1) is 19.9 Å². The molecule has 7 nitrogen and oxygen atoms in total. The first-order valence-electron chi connectivity index (χ1n) is 10.3. The maximum absolute atomic E-state index is 12.9. The van der Waals surface area contributed by atoms with Gasteiger partial charge in [-0.15, -0.1) is 0 Å². The highest BCUT2D eigenvalue weighted by atomic mass is 16.5. The second kappa shape index (κ2) is 7.02. The standard InChI is InChI=1S/C23H26N4O3/c1-29-19-12-15-8-10-26-11-9-23(14-18(26)17(15)13-20(19)30-2)21(24)27(22(28)25-23)16-6-4-3-5-7-16/h3-7,12-13,18,24H,8-11,14H2,1-2H3,(H,25,28)/t18-,23+/m0/s1. The second-order valence-corrected chi connectivity index (χ2v) is 8.19. The molecule has 2 aromatic carbocycles. The van der Waals surface area contributed by atoms with Gasteiger partial charge in [0.25, 0.3) is 0 Å². The molecule has 2 atom stereocenters. The normalized spacial score (nSPS) is 25.7. The quantitative estimate of drug-likeness (QED) is 0.820. The van der Waals surface area contributed by atoms with E-state index in [1.54, 1.807) is 14.2 Å². The van der Waals surface area contributed by atoms with Gasteiger partial charge in [0, 0.05) is 19.1 Å². The molecule has 2 amide bonds. The van der Waals surface area contributed by atoms with Crippen LogP contribution < -0.4 is 19.7 Å². The van der Waals surface area contributed by atoms with Crippen molar-refractivity contribution in [1.82, 2.24) is 10.2 Å². The van der Waals surface area contributed by atoms with Crippen LogP contribution in [0.15, 0.2) is 42.5 Å². The van der Waals surface area contributed by atoms with Gasteiger partial charge in [-0.25, -0.2) is 9.69 Å². The molecule has 0 bridgehead atoms. The highest BCUT2D eigenvalue weighted by Crippen LogP contribution is 2.46. The molecule has 0 aromatic heterocycles. The maximum atomic E-state index is 12.9. The van der Waals surface area contributed by atoms with Gasteiger partial charge in [0.2, 0.25) is 0 Å². The molecule has 7 heteroatoms. The van der Waals surface area contributed by atoms with Gasteiger partial charge in [-0.1, -0.05) is 18.2 Å². The summed E-state index contributed by atoms with van der Waals surface area (Å²) < 4.78 is 11.0. The Hall–Kier alpha value is -3.06. The van der Waals surface area contributed by atoms with Gasteiger partial charge >= 0.3 is 6.03 Å². The highest BCUT2D eigenvalue weighted by molar-refractivity contribution is 6.24. The van der Waals surface area contributed by atoms with Crippen molar-refractivity contribution in [2.24, 2.45) is 0 Å². The lowest BCUT2D eigenvalue weighted by atomic mass is 9.77. The van der Waals surface area contributed by atoms with Crippen LogP contribution in [0.1, 0.15) is 30.0 Å². The SMILES string of the molecule is COc1cc2c(cc1OC)[C@@H]1C[C@@]3(CCN1CC2)NC(=O)N(c1ccccc1)C3=N. The van der Waals surface area contributed by atoms with E-state index in [1.807, 2.05) is 30.3 Å². The van der Waals surface area contributed by atoms with Crippen LogP contribution in [0, 0.1) is 5.41 Å². The molecule has 2 aromatic rings. The smallest absolute Gasteiger partial charge is 0.328 e. The minimum Gasteiger partial charge on any atom is -0.493 e. The van der Waals surface area contributed by atoms with E-state index in [2.05, 4.69) is 22.3 Å². The summed E-state index contributed by atoms with van der Waals surface area (Å²) >= 11 is 0. The topological polar surface area (TPSA) is 77.9 Å². The Labute approximate surface area is 176 Å². The van der Waals surface area contributed by atoms with Crippen molar-refractivity contribution in [3.8, 4) is 11.5 Å². The van der Waals surface area contributed by atoms with Crippen molar-refractivity contribution in [2.45, 2.75) is 30.8 Å². The zero-order chi connectivity index (χ0) is 20.9. The van der Waals surface area contributed by atoms with Gasteiger partial charge < -0.3 is 14.8 Å². The Morgan fingerprint density at radius 2 is 1.83 bits per heavy atom. The number of amidine groups is 1. The molecule has 0 radical (unpaired) electrons. The highest BCUT2D eigenvalue weighted by Gasteiger charge is 2.53. The largest absolute Gasteiger partial charge is 0.493 e. The number of benzene rings is 2. The summed E-state index contributed by atoms with van der Waals surface area (Å²) in [6.07, 6.45) is 2.36. The van der Waals surface area contributed by atoms with Crippen LogP contribution >= 0.6 is 0 Å². The van der Waals surface area contributed by atoms with Crippen molar-refractivity contribution in [3.05, 3.63) is 53.6 Å². The average molecular weight is 406 g/mol. The Morgan fingerprint density at radius 3 is 2.57 bits per heavy atom. The Morgan fingerprint density at radius 1 is 1.10 bits per heavy atom. The number of hydrogen-bond acceptors (Lipinski definition) is 5. The van der Waals surface area contributed by atoms with E-state index in [9.17, 15) is 4.79 Å². The Bertz CT molecular complexity index is 1010. The van der Waals surface area contributed by atoms with E-state index in [1.165, 1.54) is 16.0 Å². The van der Waals surface area contributed by atoms with Crippen molar-refractivity contribution >= 4 is 17.6 Å². The Balaban J connectivity index is 1.50. The fourth-order valence-electron chi connectivity index (χ4n) is 5.14. The first kappa shape index (κ1) is 18.9. The van der Waals surface area contributed by atoms with Gasteiger partial charge in [0.15, 0.2) is 11.5 Å². The summed E-state index contributed by atoms with van der Waals surface area (Å²) in [5, 5.41) is 12.1. The monoisotopic (exact) mass is 406 g/mol. The molecule has 1 spiro atoms. The molecule has 3 aliphatic heterocycles. The predicted octanol–water partition coefficient (Wildman–Crippen LogP) is 3.34. The number of urea groups is 1. The summed E-state index contributed by atoms with van der Waals surface area (Å²) in [6.45, 7) is 1.80. The molecule has 30 heavy (non-hydrogen) atoms. The van der Waals surface area contributed by atoms with E-state index in [-0.39, 0.29) is 12.1 Å². The lowest BCUT2D eigenvalue weighted by molar-refractivity contribution is 0.102. The zero-order valence-electron chi connectivity index (χ0n) is 17.3. The van der Waals surface area contributed by atoms with Gasteiger partial charge in [-0.3, -0.25) is 10.3 Å². The van der Waals surface area contributed by atoms with Crippen LogP contribution in [0.25, 0.3) is 0 Å². The van der Waals surface area contributed by atoms with Crippen LogP contribution in [0.3, 0.4) is 0 Å². The number of amides is 2. The van der Waals surface area contributed by atoms with Crippen molar-refractivity contribution in [3.63, 3.8) is 0 Å². The first-order chi connectivity index (χ1) is 14.6. The number of ether oxygens (including phenoxy) is 2. The number of carbonyl (C=O) groups is 1. The van der Waals surface area contributed by atoms with Crippen LogP contribution in [0.2, 0.25) is 0 Å². The van der Waals surface area contributed by atoms with E-state index >= 15 is 0 Å². The lowest BCUT2D eigenvalue weighted by Crippen LogP contribution is -2.56. The number of hydrogen-bond donors (Lipinski definition) is 2. The van der Waals surface area contributed by atoms with Gasteiger partial charge in [0.1, 0.15) is 11.4 Å². The number of carbonyl (C=O) groups excluding carboxylic acids is 1. The average Bonchev–Trinajstić information content (AvgIpc) is 3.02. The van der Waals surface area contributed by atoms with Crippen LogP contribution in [-0.4, -0.2) is 49.6 Å². The Kier molecular flexibility index (Phi) is 4.43. The van der Waals surface area contributed by atoms with Crippen LogP contribution in [0.5, 0.6) is 11.5 Å². The molecule has 2 fully saturated rings. The molecule has 5 rings (SSSR count). The third-order valence-electron chi connectivity index (χ3n) is 6.72. The van der Waals surface area contributed by atoms with E-state index in [0.29, 0.717) is 18.0 Å². The minimum absolute atomic E-state index is 0.124. The molecular formula is C23H26N4O3. The number of methoxy groups -OCH3 is 2. The maximum Gasteiger partial charge on any atom is 0.328 e. The molecule has 0 saturated carbocycles. The number of para-hydroxylation sites is 1. The number of rotatable bonds is 3. The molecule has 3 aliphatic rings. The summed E-state index contributed by atoms with van der Waals surface area (Å²) in [7, 11) is 3.31. The number of piperidine rings is 1. The second-order valence-electron chi connectivity index (χ2n) is 8.19. The van der Waals surface area contributed by atoms with Crippen LogP contribution in [0.4, 0.5) is 10.5 Å². The molecule has 0 aliphatic carbocycles. The third-order valence-corrected chi connectivity index (χ3v) is 6.72. The number of nitrogens with one attached hydrogen (secondary N) is 2. The summed E-state index contributed by atoms with van der Waals surface area (Å²) in [4.78, 5) is 16.8. The molecular weight excluding hydrogens is 380 g/mol. The van der Waals surface area contributed by atoms with E-state index in [0.717, 1.165) is 37.4 Å². The fourth-order valence-corrected chi connectivity index (χ4v) is 5.14. The summed E-state index contributed by atoms with van der Waals surface area (Å²) in [6, 6.07) is 13.5. The molecule has 2 saturated heterocycles. The van der Waals surface area contributed by atoms with Gasteiger partial charge in [-0.05, 0) is 54.7 Å². The predicted molar refractivity (Wildman–Crippen MR) is 115 cm³/mol. The molecule has 156 valence electrons. The number of anilines is 1. The molecule has 0 unspecified atom stereocenters. The van der Waals surface area contributed by atoms with E-state index in [4.69, 9.17) is 14.9 Å². The van der Waals surface area contributed by atoms with E-state index < -0.39 is 5.54 Å². The van der Waals surface area contributed by atoms with Crippen molar-refractivity contribution in [2.75, 3.05) is 32.2 Å².